The predicted molar refractivity (Wildman–Crippen MR) is 78.7 cm³/mol. The van der Waals surface area contributed by atoms with E-state index in [2.05, 4.69) is 26.1 Å². The summed E-state index contributed by atoms with van der Waals surface area (Å²) in [6.07, 6.45) is 1.59. The van der Waals surface area contributed by atoms with Gasteiger partial charge >= 0.3 is 0 Å². The van der Waals surface area contributed by atoms with Crippen LogP contribution < -0.4 is 5.32 Å². The molecular weight excluding hydrogens is 257 g/mol. The molecule has 0 spiro atoms. The van der Waals surface area contributed by atoms with E-state index < -0.39 is 17.2 Å². The summed E-state index contributed by atoms with van der Waals surface area (Å²) in [5.74, 6) is 0. The van der Waals surface area contributed by atoms with Crippen LogP contribution >= 0.6 is 0 Å². The zero-order valence-electron chi connectivity index (χ0n) is 13.8. The Balaban J connectivity index is 2.07. The van der Waals surface area contributed by atoms with E-state index in [0.717, 1.165) is 12.8 Å². The van der Waals surface area contributed by atoms with Gasteiger partial charge in [-0.3, -0.25) is 0 Å². The summed E-state index contributed by atoms with van der Waals surface area (Å²) in [6.45, 7) is 13.0. The monoisotopic (exact) mass is 287 g/mol. The molecule has 2 saturated heterocycles. The first kappa shape index (κ1) is 16.2. The second kappa shape index (κ2) is 5.22. The fraction of sp³-hybridized carbons (Fsp3) is 1.00. The van der Waals surface area contributed by atoms with E-state index in [4.69, 9.17) is 9.47 Å². The molecule has 2 fully saturated rings. The van der Waals surface area contributed by atoms with Gasteiger partial charge in [-0.2, -0.15) is 0 Å². The van der Waals surface area contributed by atoms with Crippen LogP contribution in [0.25, 0.3) is 0 Å². The summed E-state index contributed by atoms with van der Waals surface area (Å²) in [5, 5.41) is 3.60. The molecule has 0 aromatic carbocycles. The molecule has 2 rings (SSSR count). The first-order chi connectivity index (χ1) is 9.11. The van der Waals surface area contributed by atoms with Gasteiger partial charge in [0.25, 0.3) is 0 Å². The minimum Gasteiger partial charge on any atom is -0.370 e. The third-order valence-corrected chi connectivity index (χ3v) is 4.79. The van der Waals surface area contributed by atoms with Crippen LogP contribution in [0, 0.1) is 5.41 Å². The van der Waals surface area contributed by atoms with Crippen LogP contribution in [0.5, 0.6) is 0 Å². The zero-order valence-corrected chi connectivity index (χ0v) is 13.8. The number of nitrogens with one attached hydrogen (secondary N) is 1. The Hall–Kier alpha value is -0.190. The van der Waals surface area contributed by atoms with Crippen LogP contribution in [0.4, 0.5) is 4.39 Å². The quantitative estimate of drug-likeness (QED) is 0.862. The number of halogens is 1. The largest absolute Gasteiger partial charge is 0.370 e. The Bertz CT molecular complexity index is 353. The van der Waals surface area contributed by atoms with Gasteiger partial charge in [0.2, 0.25) is 0 Å². The van der Waals surface area contributed by atoms with Gasteiger partial charge in [0, 0.05) is 11.0 Å². The van der Waals surface area contributed by atoms with Crippen molar-refractivity contribution >= 4 is 0 Å². The van der Waals surface area contributed by atoms with Gasteiger partial charge < -0.3 is 14.8 Å². The molecule has 0 radical (unpaired) electrons. The molecule has 2 aliphatic rings. The van der Waals surface area contributed by atoms with Crippen LogP contribution in [0.2, 0.25) is 0 Å². The highest BCUT2D eigenvalue weighted by molar-refractivity contribution is 5.11. The third kappa shape index (κ3) is 2.75. The number of hydrogen-bond acceptors (Lipinski definition) is 3. The van der Waals surface area contributed by atoms with Crippen molar-refractivity contribution in [2.75, 3.05) is 13.2 Å². The first-order valence-electron chi connectivity index (χ1n) is 7.80. The minimum absolute atomic E-state index is 0.0321. The maximum Gasteiger partial charge on any atom is 0.167 e. The van der Waals surface area contributed by atoms with Gasteiger partial charge in [-0.15, -0.1) is 0 Å². The molecule has 0 aromatic rings. The predicted octanol–water partition coefficient (Wildman–Crippen LogP) is 3.08. The molecule has 4 heteroatoms. The fourth-order valence-electron chi connectivity index (χ4n) is 3.47. The lowest BCUT2D eigenvalue weighted by Gasteiger charge is -2.36. The number of alkyl halides is 1. The van der Waals surface area contributed by atoms with Gasteiger partial charge in [-0.25, -0.2) is 4.39 Å². The lowest BCUT2D eigenvalue weighted by molar-refractivity contribution is -0.0715. The molecule has 1 N–H and O–H groups in total. The van der Waals surface area contributed by atoms with Crippen LogP contribution in [-0.2, 0) is 9.47 Å². The van der Waals surface area contributed by atoms with Gasteiger partial charge in [0.15, 0.2) is 5.67 Å². The second-order valence-corrected chi connectivity index (χ2v) is 8.03. The Morgan fingerprint density at radius 3 is 2.40 bits per heavy atom. The van der Waals surface area contributed by atoms with Crippen LogP contribution in [0.1, 0.15) is 54.4 Å². The Morgan fingerprint density at radius 2 is 1.85 bits per heavy atom. The second-order valence-electron chi connectivity index (χ2n) is 8.03. The van der Waals surface area contributed by atoms with Crippen LogP contribution in [0.15, 0.2) is 0 Å². The van der Waals surface area contributed by atoms with Gasteiger partial charge in [0.1, 0.15) is 12.2 Å². The standard InChI is InChI=1S/C16H30FNO2/c1-7-8-15(5,6)18-11-9-19-13-12(11)20-10-16(13,17)14(2,3)4/h11-13,18H,7-10H2,1-6H3/t11-,12-,13+,16?/m1/s1. The van der Waals surface area contributed by atoms with Crippen molar-refractivity contribution in [3.8, 4) is 0 Å². The molecule has 0 aromatic heterocycles. The van der Waals surface area contributed by atoms with Crippen molar-refractivity contribution < 1.29 is 13.9 Å². The number of ether oxygens (including phenoxy) is 2. The molecule has 2 aliphatic heterocycles. The van der Waals surface area contributed by atoms with Gasteiger partial charge in [0.05, 0.1) is 19.3 Å². The topological polar surface area (TPSA) is 30.5 Å². The van der Waals surface area contributed by atoms with E-state index in [1.54, 1.807) is 0 Å². The van der Waals surface area contributed by atoms with Crippen molar-refractivity contribution in [1.29, 1.82) is 0 Å². The molecule has 2 heterocycles. The summed E-state index contributed by atoms with van der Waals surface area (Å²) >= 11 is 0. The molecular formula is C16H30FNO2. The van der Waals surface area contributed by atoms with Gasteiger partial charge in [-0.1, -0.05) is 34.1 Å². The highest BCUT2D eigenvalue weighted by atomic mass is 19.1. The number of fused-ring (bicyclic) bond motifs is 1. The van der Waals surface area contributed by atoms with Crippen molar-refractivity contribution in [3.05, 3.63) is 0 Å². The Kier molecular flexibility index (Phi) is 4.22. The average molecular weight is 287 g/mol. The molecule has 20 heavy (non-hydrogen) atoms. The summed E-state index contributed by atoms with van der Waals surface area (Å²) in [4.78, 5) is 0. The van der Waals surface area contributed by atoms with Crippen LogP contribution in [0.3, 0.4) is 0 Å². The van der Waals surface area contributed by atoms with E-state index in [-0.39, 0.29) is 24.3 Å². The van der Waals surface area contributed by atoms with Crippen molar-refractivity contribution in [2.45, 2.75) is 83.8 Å². The van der Waals surface area contributed by atoms with E-state index in [1.807, 2.05) is 20.8 Å². The molecule has 118 valence electrons. The number of rotatable bonds is 4. The third-order valence-electron chi connectivity index (χ3n) is 4.79. The van der Waals surface area contributed by atoms with Gasteiger partial charge in [-0.05, 0) is 20.3 Å². The maximum absolute atomic E-state index is 15.3. The average Bonchev–Trinajstić information content (AvgIpc) is 2.81. The highest BCUT2D eigenvalue weighted by Gasteiger charge is 2.62. The SMILES string of the molecule is CCCC(C)(C)N[C@@H]1CO[C@H]2[C@@H]1OCC2(F)C(C)(C)C. The molecule has 0 aliphatic carbocycles. The highest BCUT2D eigenvalue weighted by Crippen LogP contribution is 2.47. The van der Waals surface area contributed by atoms with Crippen LogP contribution in [-0.4, -0.2) is 42.7 Å². The molecule has 0 saturated carbocycles. The molecule has 1 unspecified atom stereocenters. The van der Waals surface area contributed by atoms with Crippen molar-refractivity contribution in [2.24, 2.45) is 5.41 Å². The lowest BCUT2D eigenvalue weighted by Crippen LogP contribution is -2.53. The summed E-state index contributed by atoms with van der Waals surface area (Å²) in [7, 11) is 0. The smallest absolute Gasteiger partial charge is 0.167 e. The van der Waals surface area contributed by atoms with E-state index in [1.165, 1.54) is 0 Å². The van der Waals surface area contributed by atoms with E-state index in [9.17, 15) is 0 Å². The Labute approximate surface area is 122 Å². The van der Waals surface area contributed by atoms with Crippen molar-refractivity contribution in [3.63, 3.8) is 0 Å². The summed E-state index contributed by atoms with van der Waals surface area (Å²) in [5.41, 5.74) is -1.84. The molecule has 0 amide bonds. The number of hydrogen-bond donors (Lipinski definition) is 1. The Morgan fingerprint density at radius 1 is 1.20 bits per heavy atom. The fourth-order valence-corrected chi connectivity index (χ4v) is 3.47. The minimum atomic E-state index is -1.40. The lowest BCUT2D eigenvalue weighted by atomic mass is 9.75. The molecule has 0 bridgehead atoms. The summed E-state index contributed by atoms with van der Waals surface area (Å²) < 4.78 is 26.8. The van der Waals surface area contributed by atoms with E-state index >= 15 is 4.39 Å². The zero-order chi connectivity index (χ0) is 15.2. The van der Waals surface area contributed by atoms with E-state index in [0.29, 0.717) is 6.61 Å². The maximum atomic E-state index is 15.3. The van der Waals surface area contributed by atoms with Crippen molar-refractivity contribution in [1.82, 2.24) is 5.32 Å². The summed E-state index contributed by atoms with van der Waals surface area (Å²) in [6, 6.07) is 0.0847. The molecule has 4 atom stereocenters. The molecule has 3 nitrogen and oxygen atoms in total. The first-order valence-corrected chi connectivity index (χ1v) is 7.80. The normalized spacial score (nSPS) is 38.2.